The molecule has 9 heteroatoms. The van der Waals surface area contributed by atoms with Gasteiger partial charge in [0.05, 0.1) is 18.1 Å². The molecule has 0 aliphatic rings. The molecule has 3 aromatic rings. The smallest absolute Gasteiger partial charge is 0.328 e. The van der Waals surface area contributed by atoms with Crippen LogP contribution >= 0.6 is 23.2 Å². The van der Waals surface area contributed by atoms with Gasteiger partial charge in [0.1, 0.15) is 12.4 Å². The van der Waals surface area contributed by atoms with Crippen molar-refractivity contribution in [2.24, 2.45) is 0 Å². The molecule has 0 fully saturated rings. The lowest BCUT2D eigenvalue weighted by Crippen LogP contribution is -2.30. The van der Waals surface area contributed by atoms with Gasteiger partial charge in [-0.15, -0.1) is 0 Å². The van der Waals surface area contributed by atoms with Gasteiger partial charge in [0.15, 0.2) is 17.2 Å². The zero-order valence-corrected chi connectivity index (χ0v) is 15.8. The fourth-order valence-electron chi connectivity index (χ4n) is 2.31. The molecule has 0 saturated heterocycles. The van der Waals surface area contributed by atoms with Gasteiger partial charge in [-0.25, -0.2) is 9.64 Å². The van der Waals surface area contributed by atoms with Crippen molar-refractivity contribution < 1.29 is 9.47 Å². The Bertz CT molecular complexity index is 1160. The number of halogens is 2. The van der Waals surface area contributed by atoms with Crippen molar-refractivity contribution in [3.8, 4) is 17.2 Å². The molecule has 0 bridgehead atoms. The second-order valence-electron chi connectivity index (χ2n) is 5.57. The highest BCUT2D eigenvalue weighted by Gasteiger charge is 2.11. The zero-order chi connectivity index (χ0) is 20.1. The summed E-state index contributed by atoms with van der Waals surface area (Å²) in [4.78, 5) is 28.4. The minimum atomic E-state index is -0.534. The first-order chi connectivity index (χ1) is 13.5. The number of hydrogen-bond acceptors (Lipinski definition) is 4. The maximum absolute atomic E-state index is 11.7. The molecule has 0 spiro atoms. The molecule has 28 heavy (non-hydrogen) atoms. The summed E-state index contributed by atoms with van der Waals surface area (Å²) in [5.74, 6) is 0.985. The van der Waals surface area contributed by atoms with E-state index in [1.807, 2.05) is 0 Å². The highest BCUT2D eigenvalue weighted by Crippen LogP contribution is 2.38. The standard InChI is InChI=1S/C19H13Cl2N3O4/c1-22-13-3-5-15(28-16-10-12(20)2-4-14(16)21)17(11-13)27-9-8-24-7-6-18(25)23-19(24)26/h2-7,10-11H,8-9H2,(H,23,25,26). The first kappa shape index (κ1) is 19.5. The number of nitrogens with zero attached hydrogens (tertiary/aromatic N) is 2. The first-order valence-corrected chi connectivity index (χ1v) is 8.79. The lowest BCUT2D eigenvalue weighted by Gasteiger charge is -2.14. The van der Waals surface area contributed by atoms with E-state index in [1.54, 1.807) is 30.3 Å². The average molecular weight is 418 g/mol. The van der Waals surface area contributed by atoms with Crippen molar-refractivity contribution in [1.82, 2.24) is 9.55 Å². The molecule has 0 unspecified atom stereocenters. The van der Waals surface area contributed by atoms with Crippen molar-refractivity contribution >= 4 is 28.9 Å². The fraction of sp³-hybridized carbons (Fsp3) is 0.105. The Morgan fingerprint density at radius 3 is 2.61 bits per heavy atom. The predicted octanol–water partition coefficient (Wildman–Crippen LogP) is 4.27. The van der Waals surface area contributed by atoms with E-state index < -0.39 is 11.2 Å². The molecule has 0 radical (unpaired) electrons. The molecule has 0 amide bonds. The third-order valence-electron chi connectivity index (χ3n) is 3.66. The van der Waals surface area contributed by atoms with Gasteiger partial charge in [0, 0.05) is 23.4 Å². The quantitative estimate of drug-likeness (QED) is 0.607. The van der Waals surface area contributed by atoms with Crippen LogP contribution in [0.2, 0.25) is 10.0 Å². The van der Waals surface area contributed by atoms with Gasteiger partial charge < -0.3 is 9.47 Å². The van der Waals surface area contributed by atoms with E-state index in [2.05, 4.69) is 9.83 Å². The van der Waals surface area contributed by atoms with Gasteiger partial charge in [0.2, 0.25) is 0 Å². The fourth-order valence-corrected chi connectivity index (χ4v) is 2.63. The van der Waals surface area contributed by atoms with Crippen molar-refractivity contribution in [1.29, 1.82) is 0 Å². The highest BCUT2D eigenvalue weighted by atomic mass is 35.5. The van der Waals surface area contributed by atoms with E-state index in [4.69, 9.17) is 39.2 Å². The lowest BCUT2D eigenvalue weighted by molar-refractivity contribution is 0.283. The Morgan fingerprint density at radius 2 is 1.86 bits per heavy atom. The van der Waals surface area contributed by atoms with Gasteiger partial charge in [-0.3, -0.25) is 14.3 Å². The number of aromatic nitrogens is 2. The maximum Gasteiger partial charge on any atom is 0.328 e. The molecular formula is C19H13Cl2N3O4. The van der Waals surface area contributed by atoms with Crippen molar-refractivity contribution in [3.05, 3.63) is 91.0 Å². The van der Waals surface area contributed by atoms with Crippen molar-refractivity contribution in [2.45, 2.75) is 6.54 Å². The summed E-state index contributed by atoms with van der Waals surface area (Å²) < 4.78 is 12.8. The van der Waals surface area contributed by atoms with Gasteiger partial charge in [-0.2, -0.15) is 0 Å². The van der Waals surface area contributed by atoms with Crippen LogP contribution < -0.4 is 20.7 Å². The predicted molar refractivity (Wildman–Crippen MR) is 106 cm³/mol. The molecule has 1 aromatic heterocycles. The molecule has 0 aliphatic carbocycles. The average Bonchev–Trinajstić information content (AvgIpc) is 2.67. The Morgan fingerprint density at radius 1 is 1.04 bits per heavy atom. The highest BCUT2D eigenvalue weighted by molar-refractivity contribution is 6.34. The van der Waals surface area contributed by atoms with Crippen LogP contribution in [0.3, 0.4) is 0 Å². The van der Waals surface area contributed by atoms with E-state index >= 15 is 0 Å². The molecule has 142 valence electrons. The summed E-state index contributed by atoms with van der Waals surface area (Å²) in [6.07, 6.45) is 1.38. The number of hydrogen-bond donors (Lipinski definition) is 1. The van der Waals surface area contributed by atoms with E-state index in [0.717, 1.165) is 0 Å². The Kier molecular flexibility index (Phi) is 6.04. The van der Waals surface area contributed by atoms with Gasteiger partial charge in [0.25, 0.3) is 5.56 Å². The summed E-state index contributed by atoms with van der Waals surface area (Å²) in [7, 11) is 0. The van der Waals surface area contributed by atoms with Crippen LogP contribution in [0.1, 0.15) is 0 Å². The number of aromatic amines is 1. The SMILES string of the molecule is [C-]#[N+]c1ccc(Oc2cc(Cl)ccc2Cl)c(OCCn2ccc(=O)[nH]c2=O)c1. The summed E-state index contributed by atoms with van der Waals surface area (Å²) in [6, 6.07) is 10.8. The van der Waals surface area contributed by atoms with Crippen molar-refractivity contribution in [3.63, 3.8) is 0 Å². The van der Waals surface area contributed by atoms with Crippen LogP contribution in [0.5, 0.6) is 17.2 Å². The third-order valence-corrected chi connectivity index (χ3v) is 4.20. The van der Waals surface area contributed by atoms with Crippen LogP contribution in [-0.4, -0.2) is 16.2 Å². The van der Waals surface area contributed by atoms with Gasteiger partial charge in [-0.05, 0) is 24.3 Å². The van der Waals surface area contributed by atoms with Crippen LogP contribution in [0, 0.1) is 6.57 Å². The Hall–Kier alpha value is -3.21. The Balaban J connectivity index is 1.81. The van der Waals surface area contributed by atoms with Crippen LogP contribution in [0.15, 0.2) is 58.3 Å². The van der Waals surface area contributed by atoms with E-state index in [0.29, 0.717) is 33.0 Å². The molecule has 0 atom stereocenters. The molecule has 7 nitrogen and oxygen atoms in total. The first-order valence-electron chi connectivity index (χ1n) is 8.03. The van der Waals surface area contributed by atoms with Gasteiger partial charge >= 0.3 is 5.69 Å². The maximum atomic E-state index is 11.7. The van der Waals surface area contributed by atoms with E-state index in [9.17, 15) is 9.59 Å². The Labute approximate surface area is 169 Å². The molecule has 1 heterocycles. The van der Waals surface area contributed by atoms with Gasteiger partial charge in [-0.1, -0.05) is 29.3 Å². The number of H-pyrrole nitrogens is 1. The summed E-state index contributed by atoms with van der Waals surface area (Å²) in [5, 5.41) is 0.821. The number of ether oxygens (including phenoxy) is 2. The number of rotatable bonds is 6. The van der Waals surface area contributed by atoms with Crippen molar-refractivity contribution in [2.75, 3.05) is 6.61 Å². The second-order valence-corrected chi connectivity index (χ2v) is 6.42. The summed E-state index contributed by atoms with van der Waals surface area (Å²) >= 11 is 12.1. The minimum Gasteiger partial charge on any atom is -0.489 e. The lowest BCUT2D eigenvalue weighted by atomic mass is 10.2. The molecular weight excluding hydrogens is 405 g/mol. The summed E-state index contributed by atoms with van der Waals surface area (Å²) in [5.41, 5.74) is -0.644. The number of nitrogens with one attached hydrogen (secondary N) is 1. The number of benzene rings is 2. The zero-order valence-electron chi connectivity index (χ0n) is 14.3. The molecule has 0 saturated carbocycles. The monoisotopic (exact) mass is 417 g/mol. The summed E-state index contributed by atoms with van der Waals surface area (Å²) in [6.45, 7) is 7.46. The van der Waals surface area contributed by atoms with E-state index in [-0.39, 0.29) is 13.2 Å². The van der Waals surface area contributed by atoms with Crippen LogP contribution in [0.4, 0.5) is 5.69 Å². The van der Waals surface area contributed by atoms with Crippen LogP contribution in [-0.2, 0) is 6.54 Å². The molecule has 1 N–H and O–H groups in total. The largest absolute Gasteiger partial charge is 0.489 e. The third kappa shape index (κ3) is 4.74. The molecule has 0 aliphatic heterocycles. The normalized spacial score (nSPS) is 10.3. The topological polar surface area (TPSA) is 77.7 Å². The molecule has 3 rings (SSSR count). The van der Waals surface area contributed by atoms with Crippen LogP contribution in [0.25, 0.3) is 4.85 Å². The van der Waals surface area contributed by atoms with E-state index in [1.165, 1.54) is 22.9 Å². The minimum absolute atomic E-state index is 0.104. The second kappa shape index (κ2) is 8.65. The molecule has 2 aromatic carbocycles.